The fourth-order valence-electron chi connectivity index (χ4n) is 0.136. The average Bonchev–Trinajstić information content (AvgIpc) is 1.65. The first-order valence-electron chi connectivity index (χ1n) is 2.42. The topological polar surface area (TPSA) is 39.8 Å². The van der Waals surface area contributed by atoms with Crippen LogP contribution in [0.2, 0.25) is 0 Å². The van der Waals surface area contributed by atoms with Crippen LogP contribution in [0.4, 0.5) is 0 Å². The van der Waals surface area contributed by atoms with Crippen molar-refractivity contribution in [3.63, 3.8) is 0 Å². The van der Waals surface area contributed by atoms with Crippen LogP contribution >= 0.6 is 0 Å². The molecule has 0 amide bonds. The van der Waals surface area contributed by atoms with Gasteiger partial charge >= 0.3 is 0 Å². The molecule has 0 bridgehead atoms. The summed E-state index contributed by atoms with van der Waals surface area (Å²) >= 11 is 0. The molecule has 2 heteroatoms. The summed E-state index contributed by atoms with van der Waals surface area (Å²) < 4.78 is 0. The highest BCUT2D eigenvalue weighted by molar-refractivity contribution is 4.54. The fourth-order valence-corrected chi connectivity index (χ4v) is 0.136. The molecule has 42 valence electrons. The van der Waals surface area contributed by atoms with Gasteiger partial charge in [0.15, 0.2) is 0 Å². The van der Waals surface area contributed by atoms with Crippen molar-refractivity contribution >= 4 is 0 Å². The third-order valence-corrected chi connectivity index (χ3v) is 1.06. The SMILES string of the molecule is CC([O])C(C)C[O]. The second-order valence-corrected chi connectivity index (χ2v) is 1.85. The Bertz CT molecular complexity index is 43.3. The van der Waals surface area contributed by atoms with Gasteiger partial charge in [0.25, 0.3) is 0 Å². The summed E-state index contributed by atoms with van der Waals surface area (Å²) in [5.74, 6) is -0.208. The Morgan fingerprint density at radius 1 is 1.43 bits per heavy atom. The summed E-state index contributed by atoms with van der Waals surface area (Å²) in [6.07, 6.45) is -0.697. The summed E-state index contributed by atoms with van der Waals surface area (Å²) in [5, 5.41) is 20.1. The van der Waals surface area contributed by atoms with Gasteiger partial charge in [-0.2, -0.15) is 0 Å². The Morgan fingerprint density at radius 3 is 1.86 bits per heavy atom. The summed E-state index contributed by atoms with van der Waals surface area (Å²) in [6.45, 7) is 2.94. The molecule has 0 aliphatic carbocycles. The maximum Gasteiger partial charge on any atom is 0.0950 e. The molecular weight excluding hydrogens is 92.1 g/mol. The van der Waals surface area contributed by atoms with E-state index in [1.807, 2.05) is 0 Å². The molecule has 0 aliphatic heterocycles. The van der Waals surface area contributed by atoms with Gasteiger partial charge in [-0.15, -0.1) is 0 Å². The molecule has 0 aliphatic rings. The smallest absolute Gasteiger partial charge is 0.0950 e. The van der Waals surface area contributed by atoms with Crippen molar-refractivity contribution in [2.45, 2.75) is 20.0 Å². The van der Waals surface area contributed by atoms with Crippen LogP contribution in [0, 0.1) is 5.92 Å². The zero-order chi connectivity index (χ0) is 5.86. The van der Waals surface area contributed by atoms with E-state index in [-0.39, 0.29) is 12.5 Å². The average molecular weight is 102 g/mol. The van der Waals surface area contributed by atoms with Gasteiger partial charge in [0, 0.05) is 5.92 Å². The summed E-state index contributed by atoms with van der Waals surface area (Å²) in [4.78, 5) is 0. The molecule has 0 aromatic rings. The van der Waals surface area contributed by atoms with Gasteiger partial charge in [-0.05, 0) is 6.92 Å². The van der Waals surface area contributed by atoms with E-state index < -0.39 is 6.10 Å². The van der Waals surface area contributed by atoms with Gasteiger partial charge in [0.1, 0.15) is 0 Å². The molecule has 2 unspecified atom stereocenters. The molecule has 7 heavy (non-hydrogen) atoms. The Kier molecular flexibility index (Phi) is 2.96. The first-order valence-corrected chi connectivity index (χ1v) is 2.42. The molecule has 0 heterocycles. The second-order valence-electron chi connectivity index (χ2n) is 1.85. The van der Waals surface area contributed by atoms with Gasteiger partial charge < -0.3 is 0 Å². The van der Waals surface area contributed by atoms with Crippen molar-refractivity contribution in [2.75, 3.05) is 6.61 Å². The van der Waals surface area contributed by atoms with Crippen molar-refractivity contribution in [1.29, 1.82) is 0 Å². The molecule has 0 saturated heterocycles. The molecule has 0 fully saturated rings. The lowest BCUT2D eigenvalue weighted by molar-refractivity contribution is 0.0164. The summed E-state index contributed by atoms with van der Waals surface area (Å²) in [7, 11) is 0. The van der Waals surface area contributed by atoms with Crippen LogP contribution in [0.15, 0.2) is 0 Å². The molecule has 2 radical (unpaired) electrons. The quantitative estimate of drug-likeness (QED) is 0.496. The van der Waals surface area contributed by atoms with E-state index in [0.717, 1.165) is 0 Å². The normalized spacial score (nSPS) is 18.9. The minimum absolute atomic E-state index is 0.208. The molecule has 0 aromatic heterocycles. The zero-order valence-corrected chi connectivity index (χ0v) is 4.68. The van der Waals surface area contributed by atoms with Crippen LogP contribution in [-0.4, -0.2) is 12.7 Å². The highest BCUT2D eigenvalue weighted by Gasteiger charge is 2.07. The Balaban J connectivity index is 3.14. The molecule has 2 atom stereocenters. The van der Waals surface area contributed by atoms with Gasteiger partial charge in [-0.1, -0.05) is 6.92 Å². The van der Waals surface area contributed by atoms with Crippen molar-refractivity contribution in [2.24, 2.45) is 5.92 Å². The fraction of sp³-hybridized carbons (Fsp3) is 1.00. The van der Waals surface area contributed by atoms with Gasteiger partial charge in [0.05, 0.1) is 12.7 Å². The molecule has 0 N–H and O–H groups in total. The maximum absolute atomic E-state index is 10.3. The lowest BCUT2D eigenvalue weighted by Crippen LogP contribution is -2.14. The number of rotatable bonds is 2. The van der Waals surface area contributed by atoms with Gasteiger partial charge in [-0.3, -0.25) is 0 Å². The molecular formula is C5H10O2. The highest BCUT2D eigenvalue weighted by atomic mass is 16.3. The van der Waals surface area contributed by atoms with E-state index in [1.54, 1.807) is 6.92 Å². The predicted molar refractivity (Wildman–Crippen MR) is 24.9 cm³/mol. The Hall–Kier alpha value is -0.0800. The summed E-state index contributed by atoms with van der Waals surface area (Å²) in [5.41, 5.74) is 0. The van der Waals surface area contributed by atoms with Crippen LogP contribution in [-0.2, 0) is 10.2 Å². The van der Waals surface area contributed by atoms with Crippen LogP contribution < -0.4 is 0 Å². The largest absolute Gasteiger partial charge is 0.236 e. The van der Waals surface area contributed by atoms with Crippen molar-refractivity contribution in [3.8, 4) is 0 Å². The van der Waals surface area contributed by atoms with Crippen LogP contribution in [0.3, 0.4) is 0 Å². The van der Waals surface area contributed by atoms with Gasteiger partial charge in [-0.25, -0.2) is 10.2 Å². The highest BCUT2D eigenvalue weighted by Crippen LogP contribution is 1.99. The van der Waals surface area contributed by atoms with Crippen LogP contribution in [0.1, 0.15) is 13.8 Å². The minimum Gasteiger partial charge on any atom is -0.236 e. The van der Waals surface area contributed by atoms with Gasteiger partial charge in [0.2, 0.25) is 0 Å². The second kappa shape index (κ2) is 2.99. The summed E-state index contributed by atoms with van der Waals surface area (Å²) in [6, 6.07) is 0. The van der Waals surface area contributed by atoms with Crippen molar-refractivity contribution in [3.05, 3.63) is 0 Å². The predicted octanol–water partition coefficient (Wildman–Crippen LogP) is 0.872. The number of hydrogen-bond acceptors (Lipinski definition) is 0. The van der Waals surface area contributed by atoms with E-state index in [2.05, 4.69) is 0 Å². The van der Waals surface area contributed by atoms with Crippen molar-refractivity contribution < 1.29 is 10.2 Å². The molecule has 0 spiro atoms. The standard InChI is InChI=1S/C5H10O2/c1-4(3-6)5(2)7/h4-5H,3H2,1-2H3. The first kappa shape index (κ1) is 6.92. The molecule has 0 rings (SSSR count). The monoisotopic (exact) mass is 102 g/mol. The minimum atomic E-state index is -0.697. The van der Waals surface area contributed by atoms with E-state index in [0.29, 0.717) is 0 Å². The van der Waals surface area contributed by atoms with E-state index in [9.17, 15) is 10.2 Å². The van der Waals surface area contributed by atoms with Crippen LogP contribution in [0.5, 0.6) is 0 Å². The van der Waals surface area contributed by atoms with Crippen LogP contribution in [0.25, 0.3) is 0 Å². The first-order chi connectivity index (χ1) is 3.18. The third-order valence-electron chi connectivity index (χ3n) is 1.06. The number of hydrogen-bond donors (Lipinski definition) is 0. The van der Waals surface area contributed by atoms with E-state index in [4.69, 9.17) is 0 Å². The third kappa shape index (κ3) is 2.60. The molecule has 0 saturated carbocycles. The Morgan fingerprint density at radius 2 is 1.86 bits per heavy atom. The lowest BCUT2D eigenvalue weighted by atomic mass is 10.1. The zero-order valence-electron chi connectivity index (χ0n) is 4.68. The van der Waals surface area contributed by atoms with Crippen molar-refractivity contribution in [1.82, 2.24) is 0 Å². The molecule has 0 aromatic carbocycles. The lowest BCUT2D eigenvalue weighted by Gasteiger charge is -2.04. The van der Waals surface area contributed by atoms with E-state index in [1.165, 1.54) is 6.92 Å². The Labute approximate surface area is 43.8 Å². The molecule has 2 nitrogen and oxygen atoms in total. The van der Waals surface area contributed by atoms with E-state index >= 15 is 0 Å². The maximum atomic E-state index is 10.3.